The molecule has 1 aromatic carbocycles. The number of hydrogen-bond donors (Lipinski definition) is 1. The summed E-state index contributed by atoms with van der Waals surface area (Å²) >= 11 is 8.01. The van der Waals surface area contributed by atoms with Crippen LogP contribution in [0.1, 0.15) is 23.3 Å². The molecule has 5 rings (SSSR count). The van der Waals surface area contributed by atoms with E-state index >= 15 is 0 Å². The molecular formula is C24H25ClN4O3S. The van der Waals surface area contributed by atoms with Gasteiger partial charge >= 0.3 is 6.03 Å². The summed E-state index contributed by atoms with van der Waals surface area (Å²) in [5, 5.41) is 4.02. The van der Waals surface area contributed by atoms with E-state index in [0.717, 1.165) is 63.5 Å². The third kappa shape index (κ3) is 4.30. The van der Waals surface area contributed by atoms with Crippen LogP contribution < -0.4 is 10.1 Å². The van der Waals surface area contributed by atoms with Crippen molar-refractivity contribution in [2.24, 2.45) is 0 Å². The van der Waals surface area contributed by atoms with Crippen LogP contribution in [0.15, 0.2) is 30.5 Å². The lowest BCUT2D eigenvalue weighted by Crippen LogP contribution is -2.34. The number of likely N-dealkylation sites (N-methyl/N-ethyl adjacent to an activating group) is 1. The van der Waals surface area contributed by atoms with Gasteiger partial charge < -0.3 is 15.0 Å². The zero-order chi connectivity index (χ0) is 23.1. The number of thiophene rings is 1. The van der Waals surface area contributed by atoms with Crippen molar-refractivity contribution in [1.29, 1.82) is 0 Å². The highest BCUT2D eigenvalue weighted by Gasteiger charge is 2.34. The van der Waals surface area contributed by atoms with Crippen LogP contribution in [0.2, 0.25) is 5.02 Å². The molecule has 0 bridgehead atoms. The van der Waals surface area contributed by atoms with Crippen molar-refractivity contribution < 1.29 is 14.3 Å². The topological polar surface area (TPSA) is 74.8 Å². The van der Waals surface area contributed by atoms with Gasteiger partial charge in [-0.1, -0.05) is 11.6 Å². The number of rotatable bonds is 5. The molecule has 0 unspecified atom stereocenters. The van der Waals surface area contributed by atoms with Gasteiger partial charge in [-0.25, -0.2) is 4.79 Å². The number of nitrogens with zero attached hydrogens (tertiary/aromatic N) is 3. The molecule has 2 saturated heterocycles. The molecule has 3 amide bonds. The number of benzene rings is 1. The van der Waals surface area contributed by atoms with E-state index in [1.54, 1.807) is 24.6 Å². The Morgan fingerprint density at radius 1 is 1.21 bits per heavy atom. The van der Waals surface area contributed by atoms with Crippen LogP contribution in [-0.2, 0) is 11.3 Å². The van der Waals surface area contributed by atoms with Crippen LogP contribution in [0.5, 0.6) is 5.75 Å². The van der Waals surface area contributed by atoms with Gasteiger partial charge in [0.1, 0.15) is 18.4 Å². The first-order valence-electron chi connectivity index (χ1n) is 11.0. The fourth-order valence-electron chi connectivity index (χ4n) is 4.42. The highest BCUT2D eigenvalue weighted by Crippen LogP contribution is 2.42. The van der Waals surface area contributed by atoms with Crippen LogP contribution in [0, 0.1) is 6.92 Å². The first kappa shape index (κ1) is 22.1. The van der Waals surface area contributed by atoms with Crippen molar-refractivity contribution in [2.45, 2.75) is 32.4 Å². The Hall–Kier alpha value is -2.68. The number of hydrogen-bond acceptors (Lipinski definition) is 6. The van der Waals surface area contributed by atoms with E-state index in [0.29, 0.717) is 5.02 Å². The van der Waals surface area contributed by atoms with E-state index in [9.17, 15) is 9.59 Å². The largest absolute Gasteiger partial charge is 0.489 e. The molecule has 2 fully saturated rings. The number of urea groups is 1. The maximum atomic E-state index is 12.3. The number of aromatic nitrogens is 1. The minimum Gasteiger partial charge on any atom is -0.489 e. The third-order valence-corrected chi connectivity index (χ3v) is 7.47. The van der Waals surface area contributed by atoms with Crippen LogP contribution >= 0.6 is 22.9 Å². The van der Waals surface area contributed by atoms with Gasteiger partial charge in [0.05, 0.1) is 16.8 Å². The predicted molar refractivity (Wildman–Crippen MR) is 130 cm³/mol. The molecule has 3 aromatic rings. The van der Waals surface area contributed by atoms with E-state index < -0.39 is 0 Å². The lowest BCUT2D eigenvalue weighted by molar-refractivity contribution is -0.125. The first-order valence-corrected chi connectivity index (χ1v) is 12.2. The Morgan fingerprint density at radius 3 is 2.73 bits per heavy atom. The number of nitrogens with one attached hydrogen (secondary N) is 1. The van der Waals surface area contributed by atoms with Gasteiger partial charge in [0.15, 0.2) is 0 Å². The third-order valence-electron chi connectivity index (χ3n) is 6.11. The Morgan fingerprint density at radius 2 is 2.00 bits per heavy atom. The maximum Gasteiger partial charge on any atom is 0.327 e. The molecule has 2 aromatic heterocycles. The number of ether oxygens (including phenoxy) is 1. The summed E-state index contributed by atoms with van der Waals surface area (Å²) in [7, 11) is 1.64. The maximum absolute atomic E-state index is 12.3. The monoisotopic (exact) mass is 484 g/mol. The number of amides is 3. The van der Waals surface area contributed by atoms with Crippen LogP contribution in [0.4, 0.5) is 4.79 Å². The summed E-state index contributed by atoms with van der Waals surface area (Å²) in [6.45, 7) is 4.28. The van der Waals surface area contributed by atoms with Crippen molar-refractivity contribution in [3.63, 3.8) is 0 Å². The molecule has 2 aliphatic heterocycles. The zero-order valence-electron chi connectivity index (χ0n) is 18.6. The van der Waals surface area contributed by atoms with Crippen molar-refractivity contribution in [3.8, 4) is 16.9 Å². The predicted octanol–water partition coefficient (Wildman–Crippen LogP) is 4.45. The minimum atomic E-state index is -0.270. The van der Waals surface area contributed by atoms with Gasteiger partial charge in [0.2, 0.25) is 0 Å². The smallest absolute Gasteiger partial charge is 0.327 e. The van der Waals surface area contributed by atoms with Gasteiger partial charge in [-0.15, -0.1) is 11.3 Å². The highest BCUT2D eigenvalue weighted by molar-refractivity contribution is 7.19. The van der Waals surface area contributed by atoms with Crippen molar-refractivity contribution in [2.75, 3.05) is 26.7 Å². The van der Waals surface area contributed by atoms with E-state index in [2.05, 4.69) is 10.3 Å². The molecule has 1 N–H and O–H groups in total. The van der Waals surface area contributed by atoms with E-state index in [4.69, 9.17) is 16.3 Å². The van der Waals surface area contributed by atoms with Crippen molar-refractivity contribution in [1.82, 2.24) is 20.1 Å². The van der Waals surface area contributed by atoms with Crippen molar-refractivity contribution in [3.05, 3.63) is 45.9 Å². The fraction of sp³-hybridized carbons (Fsp3) is 0.375. The van der Waals surface area contributed by atoms with E-state index in [1.807, 2.05) is 31.2 Å². The molecule has 0 spiro atoms. The Labute approximate surface area is 201 Å². The molecule has 9 heteroatoms. The summed E-state index contributed by atoms with van der Waals surface area (Å²) in [4.78, 5) is 32.7. The number of aryl methyl sites for hydroxylation is 1. The normalized spacial score (nSPS) is 17.4. The molecule has 0 radical (unpaired) electrons. The molecule has 7 nitrogen and oxygen atoms in total. The summed E-state index contributed by atoms with van der Waals surface area (Å²) in [6, 6.07) is 7.53. The minimum absolute atomic E-state index is 0.117. The summed E-state index contributed by atoms with van der Waals surface area (Å²) < 4.78 is 7.50. The van der Waals surface area contributed by atoms with Gasteiger partial charge in [-0.05, 0) is 62.7 Å². The fourth-order valence-corrected chi connectivity index (χ4v) is 5.83. The summed E-state index contributed by atoms with van der Waals surface area (Å²) in [5.41, 5.74) is 3.74. The zero-order valence-corrected chi connectivity index (χ0v) is 20.1. The average molecular weight is 485 g/mol. The van der Waals surface area contributed by atoms with Crippen LogP contribution in [0.3, 0.4) is 0 Å². The molecule has 0 saturated carbocycles. The Balaban J connectivity index is 1.54. The number of pyridine rings is 1. The van der Waals surface area contributed by atoms with Gasteiger partial charge in [0, 0.05) is 34.3 Å². The molecule has 4 heterocycles. The number of piperidine rings is 1. The Bertz CT molecular complexity index is 1240. The number of carbonyl (C=O) groups excluding carboxylic acids is 2. The number of imide groups is 1. The lowest BCUT2D eigenvalue weighted by atomic mass is 10.0. The van der Waals surface area contributed by atoms with Gasteiger partial charge in [-0.3, -0.25) is 14.7 Å². The first-order chi connectivity index (χ1) is 15.9. The molecule has 2 aliphatic rings. The van der Waals surface area contributed by atoms with Crippen LogP contribution in [-0.4, -0.2) is 59.5 Å². The van der Waals surface area contributed by atoms with Gasteiger partial charge in [0.25, 0.3) is 5.91 Å². The molecule has 0 aliphatic carbocycles. The lowest BCUT2D eigenvalue weighted by Gasteiger charge is -2.26. The number of carbonyl (C=O) groups is 2. The Kier molecular flexibility index (Phi) is 5.99. The molecular weight excluding hydrogens is 460 g/mol. The molecule has 0 atom stereocenters. The van der Waals surface area contributed by atoms with E-state index in [1.165, 1.54) is 9.80 Å². The second-order valence-corrected chi connectivity index (χ2v) is 10.1. The number of halogens is 1. The average Bonchev–Trinajstić information content (AvgIpc) is 3.31. The van der Waals surface area contributed by atoms with E-state index in [-0.39, 0.29) is 31.1 Å². The second kappa shape index (κ2) is 8.93. The summed E-state index contributed by atoms with van der Waals surface area (Å²) in [6.07, 6.45) is 3.86. The molecule has 33 heavy (non-hydrogen) atoms. The van der Waals surface area contributed by atoms with Crippen molar-refractivity contribution >= 4 is 45.1 Å². The van der Waals surface area contributed by atoms with Gasteiger partial charge in [-0.2, -0.15) is 0 Å². The number of fused-ring (bicyclic) bond motifs is 1. The highest BCUT2D eigenvalue weighted by atomic mass is 35.5. The van der Waals surface area contributed by atoms with Crippen LogP contribution in [0.25, 0.3) is 21.3 Å². The SMILES string of the molecule is Cc1cc(Cl)cc(-c2ccnc3cc(CN4C(=O)CN(C)C4=O)sc23)c1OC1CCNCC1. The molecule has 172 valence electrons. The standard InChI is InChI=1S/C24H25ClN4O3S/c1-14-9-15(25)10-19(22(14)32-16-3-6-26-7-4-16)18-5-8-27-20-11-17(33-23(18)20)12-29-21(30)13-28(2)24(29)31/h5,8-11,16,26H,3-4,6-7,12-13H2,1-2H3. The quantitative estimate of drug-likeness (QED) is 0.541. The second-order valence-electron chi connectivity index (χ2n) is 8.57. The summed E-state index contributed by atoms with van der Waals surface area (Å²) in [5.74, 6) is 0.663.